The van der Waals surface area contributed by atoms with Crippen LogP contribution in [0, 0.1) is 0 Å². The highest BCUT2D eigenvalue weighted by atomic mass is 16.5. The lowest BCUT2D eigenvalue weighted by atomic mass is 9.67. The first-order valence-corrected chi connectivity index (χ1v) is 10.6. The summed E-state index contributed by atoms with van der Waals surface area (Å²) in [7, 11) is 5.91. The van der Waals surface area contributed by atoms with Gasteiger partial charge in [-0.2, -0.15) is 0 Å². The van der Waals surface area contributed by atoms with Gasteiger partial charge in [-0.3, -0.25) is 0 Å². The van der Waals surface area contributed by atoms with Crippen molar-refractivity contribution in [3.05, 3.63) is 59.7 Å². The van der Waals surface area contributed by atoms with Crippen LogP contribution in [0.2, 0.25) is 0 Å². The van der Waals surface area contributed by atoms with E-state index in [2.05, 4.69) is 86.7 Å². The molecular formula is C25H36N2O2. The number of anilines is 1. The van der Waals surface area contributed by atoms with E-state index in [4.69, 9.17) is 9.47 Å². The Bertz CT molecular complexity index is 786. The Balaban J connectivity index is 1.69. The molecule has 0 aliphatic carbocycles. The lowest BCUT2D eigenvalue weighted by molar-refractivity contribution is -0.0843. The van der Waals surface area contributed by atoms with E-state index in [0.29, 0.717) is 0 Å². The Hall–Kier alpha value is -2.04. The van der Waals surface area contributed by atoms with Crippen molar-refractivity contribution in [2.75, 3.05) is 39.3 Å². The molecule has 1 aliphatic rings. The van der Waals surface area contributed by atoms with E-state index < -0.39 is 0 Å². The van der Waals surface area contributed by atoms with E-state index in [-0.39, 0.29) is 11.0 Å². The van der Waals surface area contributed by atoms with Crippen LogP contribution in [-0.4, -0.2) is 40.0 Å². The molecule has 29 heavy (non-hydrogen) atoms. The first-order valence-electron chi connectivity index (χ1n) is 10.6. The number of hydrogen-bond acceptors (Lipinski definition) is 4. The summed E-state index contributed by atoms with van der Waals surface area (Å²) in [6.45, 7) is 7.04. The van der Waals surface area contributed by atoms with Crippen molar-refractivity contribution in [1.82, 2.24) is 5.32 Å². The van der Waals surface area contributed by atoms with Crippen LogP contribution in [0.1, 0.15) is 44.2 Å². The summed E-state index contributed by atoms with van der Waals surface area (Å²) in [4.78, 5) is 2.13. The third-order valence-corrected chi connectivity index (χ3v) is 6.08. The largest absolute Gasteiger partial charge is 0.496 e. The number of para-hydroxylation sites is 1. The van der Waals surface area contributed by atoms with Gasteiger partial charge in [0.15, 0.2) is 0 Å². The van der Waals surface area contributed by atoms with Crippen LogP contribution in [0.3, 0.4) is 0 Å². The fraction of sp³-hybridized carbons (Fsp3) is 0.520. The summed E-state index contributed by atoms with van der Waals surface area (Å²) in [5.41, 5.74) is 3.80. The molecule has 1 aliphatic heterocycles. The molecule has 1 N–H and O–H groups in total. The van der Waals surface area contributed by atoms with Crippen LogP contribution in [0.25, 0.3) is 0 Å². The van der Waals surface area contributed by atoms with E-state index in [1.165, 1.54) is 16.8 Å². The van der Waals surface area contributed by atoms with E-state index >= 15 is 0 Å². The average Bonchev–Trinajstić information content (AvgIpc) is 2.71. The lowest BCUT2D eigenvalue weighted by Crippen LogP contribution is -2.45. The van der Waals surface area contributed by atoms with E-state index in [1.807, 2.05) is 0 Å². The van der Waals surface area contributed by atoms with Gasteiger partial charge in [0.25, 0.3) is 0 Å². The predicted molar refractivity (Wildman–Crippen MR) is 121 cm³/mol. The van der Waals surface area contributed by atoms with Crippen molar-refractivity contribution in [3.63, 3.8) is 0 Å². The van der Waals surface area contributed by atoms with Crippen molar-refractivity contribution < 1.29 is 9.47 Å². The van der Waals surface area contributed by atoms with Crippen LogP contribution >= 0.6 is 0 Å². The summed E-state index contributed by atoms with van der Waals surface area (Å²) in [6, 6.07) is 17.3. The molecule has 1 unspecified atom stereocenters. The predicted octanol–water partition coefficient (Wildman–Crippen LogP) is 4.77. The minimum absolute atomic E-state index is 0.0656. The second-order valence-electron chi connectivity index (χ2n) is 9.00. The number of rotatable bonds is 8. The van der Waals surface area contributed by atoms with Gasteiger partial charge in [-0.25, -0.2) is 0 Å². The SMILES string of the molecule is COc1ccccc1C1(CCNCc2ccc(N(C)C)cc2)CCOC(C)(C)C1. The molecule has 158 valence electrons. The summed E-state index contributed by atoms with van der Waals surface area (Å²) in [6.07, 6.45) is 3.09. The average molecular weight is 397 g/mol. The Morgan fingerprint density at radius 1 is 1.07 bits per heavy atom. The summed E-state index contributed by atoms with van der Waals surface area (Å²) >= 11 is 0. The molecule has 0 amide bonds. The van der Waals surface area contributed by atoms with Gasteiger partial charge < -0.3 is 19.7 Å². The highest BCUT2D eigenvalue weighted by molar-refractivity contribution is 5.46. The molecule has 2 aromatic rings. The summed E-state index contributed by atoms with van der Waals surface area (Å²) in [5.74, 6) is 0.990. The molecule has 0 radical (unpaired) electrons. The standard InChI is InChI=1S/C25H36N2O2/c1-24(2)19-25(15-17-29-24,22-8-6-7-9-23(22)28-5)14-16-26-18-20-10-12-21(13-11-20)27(3)4/h6-13,26H,14-19H2,1-5H3. The maximum Gasteiger partial charge on any atom is 0.122 e. The molecule has 0 saturated carbocycles. The van der Waals surface area contributed by atoms with Crippen molar-refractivity contribution in [3.8, 4) is 5.75 Å². The molecule has 0 bridgehead atoms. The Morgan fingerprint density at radius 2 is 1.79 bits per heavy atom. The van der Waals surface area contributed by atoms with E-state index in [1.54, 1.807) is 7.11 Å². The first-order chi connectivity index (χ1) is 13.9. The van der Waals surface area contributed by atoms with Gasteiger partial charge in [-0.05, 0) is 63.4 Å². The molecule has 1 saturated heterocycles. The van der Waals surface area contributed by atoms with Gasteiger partial charge >= 0.3 is 0 Å². The van der Waals surface area contributed by atoms with Gasteiger partial charge in [0.1, 0.15) is 5.75 Å². The highest BCUT2D eigenvalue weighted by Crippen LogP contribution is 2.46. The number of benzene rings is 2. The van der Waals surface area contributed by atoms with Gasteiger partial charge in [-0.15, -0.1) is 0 Å². The van der Waals surface area contributed by atoms with E-state index in [0.717, 1.165) is 44.7 Å². The molecule has 3 rings (SSSR count). The molecule has 4 nitrogen and oxygen atoms in total. The number of methoxy groups -OCH3 is 1. The zero-order valence-corrected chi connectivity index (χ0v) is 18.6. The molecule has 1 fully saturated rings. The van der Waals surface area contributed by atoms with Crippen LogP contribution in [0.4, 0.5) is 5.69 Å². The van der Waals surface area contributed by atoms with Crippen LogP contribution in [-0.2, 0) is 16.7 Å². The van der Waals surface area contributed by atoms with Crippen molar-refractivity contribution in [2.45, 2.75) is 50.7 Å². The molecule has 2 aromatic carbocycles. The quantitative estimate of drug-likeness (QED) is 0.652. The van der Waals surface area contributed by atoms with Crippen molar-refractivity contribution in [2.24, 2.45) is 0 Å². The maximum absolute atomic E-state index is 6.06. The molecule has 0 spiro atoms. The minimum Gasteiger partial charge on any atom is -0.496 e. The second-order valence-corrected chi connectivity index (χ2v) is 9.00. The monoisotopic (exact) mass is 396 g/mol. The lowest BCUT2D eigenvalue weighted by Gasteiger charge is -2.46. The Morgan fingerprint density at radius 3 is 2.45 bits per heavy atom. The highest BCUT2D eigenvalue weighted by Gasteiger charge is 2.43. The Labute approximate surface area is 176 Å². The van der Waals surface area contributed by atoms with Gasteiger partial charge in [0, 0.05) is 43.9 Å². The molecule has 0 aromatic heterocycles. The smallest absolute Gasteiger partial charge is 0.122 e. The van der Waals surface area contributed by atoms with Crippen LogP contribution < -0.4 is 15.0 Å². The normalized spacial score (nSPS) is 21.0. The van der Waals surface area contributed by atoms with E-state index in [9.17, 15) is 0 Å². The van der Waals surface area contributed by atoms with Crippen LogP contribution in [0.5, 0.6) is 5.75 Å². The molecular weight excluding hydrogens is 360 g/mol. The Kier molecular flexibility index (Phi) is 6.86. The molecule has 1 atom stereocenters. The van der Waals surface area contributed by atoms with Crippen LogP contribution in [0.15, 0.2) is 48.5 Å². The maximum atomic E-state index is 6.06. The first kappa shape index (κ1) is 21.7. The zero-order valence-electron chi connectivity index (χ0n) is 18.6. The molecule has 1 heterocycles. The fourth-order valence-corrected chi connectivity index (χ4v) is 4.61. The molecule has 4 heteroatoms. The zero-order chi connectivity index (χ0) is 20.9. The minimum atomic E-state index is -0.124. The number of ether oxygens (including phenoxy) is 2. The van der Waals surface area contributed by atoms with Crippen molar-refractivity contribution in [1.29, 1.82) is 0 Å². The summed E-state index contributed by atoms with van der Waals surface area (Å²) < 4.78 is 11.8. The summed E-state index contributed by atoms with van der Waals surface area (Å²) in [5, 5.41) is 3.66. The third-order valence-electron chi connectivity index (χ3n) is 6.08. The third kappa shape index (κ3) is 5.31. The van der Waals surface area contributed by atoms with Gasteiger partial charge in [0.2, 0.25) is 0 Å². The number of nitrogens with one attached hydrogen (secondary N) is 1. The number of hydrogen-bond donors (Lipinski definition) is 1. The van der Waals surface area contributed by atoms with Gasteiger partial charge in [0.05, 0.1) is 12.7 Å². The fourth-order valence-electron chi connectivity index (χ4n) is 4.61. The topological polar surface area (TPSA) is 33.7 Å². The van der Waals surface area contributed by atoms with Gasteiger partial charge in [-0.1, -0.05) is 30.3 Å². The van der Waals surface area contributed by atoms with Crippen molar-refractivity contribution >= 4 is 5.69 Å². The second kappa shape index (κ2) is 9.19. The number of nitrogens with zero attached hydrogens (tertiary/aromatic N) is 1.